The van der Waals surface area contributed by atoms with Crippen LogP contribution < -0.4 is 0 Å². The van der Waals surface area contributed by atoms with Crippen molar-refractivity contribution in [3.63, 3.8) is 0 Å². The zero-order valence-corrected chi connectivity index (χ0v) is 15.0. The molecule has 0 spiro atoms. The zero-order chi connectivity index (χ0) is 18.4. The first kappa shape index (κ1) is 17.6. The average molecular weight is 344 g/mol. The number of carbonyl (C=O) groups is 1. The number of hydrogen-bond donors (Lipinski definition) is 2. The molecular weight excluding hydrogens is 320 g/mol. The summed E-state index contributed by atoms with van der Waals surface area (Å²) in [5, 5.41) is 26.1. The molecule has 7 nitrogen and oxygen atoms in total. The Hall–Kier alpha value is -2.25. The van der Waals surface area contributed by atoms with Crippen LogP contribution in [0.25, 0.3) is 11.3 Å². The van der Waals surface area contributed by atoms with E-state index in [1.165, 1.54) is 5.06 Å². The van der Waals surface area contributed by atoms with Crippen molar-refractivity contribution in [1.82, 2.24) is 19.8 Å². The van der Waals surface area contributed by atoms with Gasteiger partial charge < -0.3 is 10.3 Å². The Kier molecular flexibility index (Phi) is 4.17. The third-order valence-electron chi connectivity index (χ3n) is 4.89. The lowest BCUT2D eigenvalue weighted by Gasteiger charge is -2.51. The Morgan fingerprint density at radius 3 is 2.24 bits per heavy atom. The molecule has 1 aliphatic heterocycles. The number of carboxylic acids is 1. The van der Waals surface area contributed by atoms with Crippen LogP contribution in [0.1, 0.15) is 57.1 Å². The van der Waals surface area contributed by atoms with Gasteiger partial charge in [0.1, 0.15) is 5.69 Å². The van der Waals surface area contributed by atoms with Crippen LogP contribution in [0.15, 0.2) is 30.6 Å². The van der Waals surface area contributed by atoms with Gasteiger partial charge in [-0.2, -0.15) is 10.2 Å². The van der Waals surface area contributed by atoms with Crippen LogP contribution in [0.3, 0.4) is 0 Å². The molecule has 2 N–H and O–H groups in total. The maximum atomic E-state index is 11.8. The van der Waals surface area contributed by atoms with Crippen molar-refractivity contribution in [2.45, 2.75) is 57.7 Å². The van der Waals surface area contributed by atoms with Gasteiger partial charge in [-0.05, 0) is 58.7 Å². The summed E-state index contributed by atoms with van der Waals surface area (Å²) in [4.78, 5) is 15.8. The van der Waals surface area contributed by atoms with Gasteiger partial charge in [0.15, 0.2) is 0 Å². The highest BCUT2D eigenvalue weighted by Gasteiger charge is 2.46. The molecule has 0 saturated carbocycles. The van der Waals surface area contributed by atoms with Crippen LogP contribution in [0, 0.1) is 0 Å². The third kappa shape index (κ3) is 3.17. The number of pyridine rings is 1. The van der Waals surface area contributed by atoms with Crippen molar-refractivity contribution in [1.29, 1.82) is 0 Å². The number of hydroxylamine groups is 2. The number of rotatable bonds is 3. The fourth-order valence-electron chi connectivity index (χ4n) is 3.89. The molecule has 2 aromatic heterocycles. The lowest BCUT2D eigenvalue weighted by Crippen LogP contribution is -2.59. The molecule has 1 saturated heterocycles. The van der Waals surface area contributed by atoms with Crippen LogP contribution >= 0.6 is 0 Å². The molecule has 1 fully saturated rings. The Labute approximate surface area is 146 Å². The summed E-state index contributed by atoms with van der Waals surface area (Å²) in [5.41, 5.74) is 0.640. The van der Waals surface area contributed by atoms with E-state index in [9.17, 15) is 15.1 Å². The summed E-state index contributed by atoms with van der Waals surface area (Å²) < 4.78 is 1.61. The second-order valence-electron chi connectivity index (χ2n) is 7.90. The predicted molar refractivity (Wildman–Crippen MR) is 92.5 cm³/mol. The van der Waals surface area contributed by atoms with Crippen molar-refractivity contribution in [2.75, 3.05) is 0 Å². The molecule has 0 atom stereocenters. The van der Waals surface area contributed by atoms with Gasteiger partial charge in [0, 0.05) is 29.0 Å². The summed E-state index contributed by atoms with van der Waals surface area (Å²) in [7, 11) is 0. The summed E-state index contributed by atoms with van der Waals surface area (Å²) in [6, 6.07) is 5.10. The Bertz CT molecular complexity index is 765. The number of aromatic nitrogens is 3. The van der Waals surface area contributed by atoms with E-state index in [4.69, 9.17) is 0 Å². The van der Waals surface area contributed by atoms with Gasteiger partial charge in [-0.1, -0.05) is 0 Å². The Morgan fingerprint density at radius 2 is 1.72 bits per heavy atom. The van der Waals surface area contributed by atoms with Gasteiger partial charge >= 0.3 is 5.97 Å². The highest BCUT2D eigenvalue weighted by Crippen LogP contribution is 2.42. The first-order valence-electron chi connectivity index (χ1n) is 8.34. The third-order valence-corrected chi connectivity index (χ3v) is 4.89. The molecular formula is C18H24N4O3. The average Bonchev–Trinajstić information content (AvgIpc) is 2.98. The number of piperidine rings is 1. The summed E-state index contributed by atoms with van der Waals surface area (Å²) in [6.07, 6.45) is 4.52. The summed E-state index contributed by atoms with van der Waals surface area (Å²) in [6.45, 7) is 7.81. The lowest BCUT2D eigenvalue weighted by molar-refractivity contribution is -0.249. The summed E-state index contributed by atoms with van der Waals surface area (Å²) in [5.74, 6) is -1.00. The number of aromatic carboxylic acids is 1. The van der Waals surface area contributed by atoms with Crippen molar-refractivity contribution in [3.05, 3.63) is 36.3 Å². The molecule has 1 aliphatic rings. The fourth-order valence-corrected chi connectivity index (χ4v) is 3.89. The highest BCUT2D eigenvalue weighted by atomic mass is 16.5. The van der Waals surface area contributed by atoms with E-state index in [0.29, 0.717) is 18.5 Å². The van der Waals surface area contributed by atoms with E-state index in [1.54, 1.807) is 23.1 Å². The van der Waals surface area contributed by atoms with Gasteiger partial charge in [-0.3, -0.25) is 9.67 Å². The molecule has 0 aromatic carbocycles. The number of nitrogens with zero attached hydrogens (tertiary/aromatic N) is 4. The minimum absolute atomic E-state index is 0.116. The molecule has 0 bridgehead atoms. The van der Waals surface area contributed by atoms with E-state index in [-0.39, 0.29) is 11.7 Å². The molecule has 0 amide bonds. The van der Waals surface area contributed by atoms with Crippen LogP contribution in [0.4, 0.5) is 0 Å². The van der Waals surface area contributed by atoms with Crippen LogP contribution in [-0.2, 0) is 0 Å². The van der Waals surface area contributed by atoms with E-state index in [0.717, 1.165) is 5.56 Å². The maximum absolute atomic E-state index is 11.8. The van der Waals surface area contributed by atoms with Gasteiger partial charge in [0.2, 0.25) is 0 Å². The molecule has 2 aromatic rings. The largest absolute Gasteiger partial charge is 0.477 e. The fraction of sp³-hybridized carbons (Fsp3) is 0.500. The lowest BCUT2D eigenvalue weighted by atomic mass is 9.79. The van der Waals surface area contributed by atoms with E-state index in [1.807, 2.05) is 39.8 Å². The van der Waals surface area contributed by atoms with Crippen molar-refractivity contribution in [3.8, 4) is 11.3 Å². The van der Waals surface area contributed by atoms with E-state index < -0.39 is 17.0 Å². The maximum Gasteiger partial charge on any atom is 0.354 e. The second-order valence-corrected chi connectivity index (χ2v) is 7.90. The quantitative estimate of drug-likeness (QED) is 0.888. The van der Waals surface area contributed by atoms with Gasteiger partial charge in [0.25, 0.3) is 0 Å². The molecule has 25 heavy (non-hydrogen) atoms. The molecule has 0 aliphatic carbocycles. The van der Waals surface area contributed by atoms with Crippen molar-refractivity contribution >= 4 is 5.97 Å². The standard InChI is InChI=1S/C18H24N4O3/c1-17(2)10-13(11-18(3,4)22(17)25)21-15(16(23)24)9-14(20-21)12-5-7-19-8-6-12/h5-9,13,25H,10-11H2,1-4H3,(H,23,24). The first-order chi connectivity index (χ1) is 11.6. The first-order valence-corrected chi connectivity index (χ1v) is 8.34. The normalized spacial score (nSPS) is 20.5. The minimum atomic E-state index is -1.00. The van der Waals surface area contributed by atoms with Crippen LogP contribution in [0.5, 0.6) is 0 Å². The Balaban J connectivity index is 2.04. The number of carboxylic acid groups (broad SMARTS) is 1. The van der Waals surface area contributed by atoms with Crippen molar-refractivity contribution < 1.29 is 15.1 Å². The van der Waals surface area contributed by atoms with E-state index >= 15 is 0 Å². The SMILES string of the molecule is CC1(C)CC(n2nc(-c3ccncc3)cc2C(=O)O)CC(C)(C)N1O. The van der Waals surface area contributed by atoms with Crippen LogP contribution in [0.2, 0.25) is 0 Å². The molecule has 3 heterocycles. The predicted octanol–water partition coefficient (Wildman–Crippen LogP) is 3.23. The summed E-state index contributed by atoms with van der Waals surface area (Å²) >= 11 is 0. The topological polar surface area (TPSA) is 91.5 Å². The molecule has 7 heteroatoms. The molecule has 134 valence electrons. The molecule has 0 unspecified atom stereocenters. The molecule has 3 rings (SSSR count). The second kappa shape index (κ2) is 5.93. The van der Waals surface area contributed by atoms with Crippen molar-refractivity contribution in [2.24, 2.45) is 0 Å². The van der Waals surface area contributed by atoms with Gasteiger partial charge in [-0.25, -0.2) is 4.79 Å². The zero-order valence-electron chi connectivity index (χ0n) is 15.0. The monoisotopic (exact) mass is 344 g/mol. The van der Waals surface area contributed by atoms with Crippen LogP contribution in [-0.4, -0.2) is 47.2 Å². The Morgan fingerprint density at radius 1 is 1.16 bits per heavy atom. The van der Waals surface area contributed by atoms with E-state index in [2.05, 4.69) is 10.1 Å². The smallest absolute Gasteiger partial charge is 0.354 e. The highest BCUT2D eigenvalue weighted by molar-refractivity contribution is 5.87. The minimum Gasteiger partial charge on any atom is -0.477 e. The van der Waals surface area contributed by atoms with Gasteiger partial charge in [-0.15, -0.1) is 0 Å². The van der Waals surface area contributed by atoms with Gasteiger partial charge in [0.05, 0.1) is 11.7 Å². The molecule has 0 radical (unpaired) electrons. The number of hydrogen-bond acceptors (Lipinski definition) is 5.